The number of carbonyl (C=O) groups excluding carboxylic acids is 1. The summed E-state index contributed by atoms with van der Waals surface area (Å²) in [6.45, 7) is 2.16. The van der Waals surface area contributed by atoms with Crippen molar-refractivity contribution in [3.8, 4) is 22.8 Å². The van der Waals surface area contributed by atoms with E-state index < -0.39 is 17.7 Å². The summed E-state index contributed by atoms with van der Waals surface area (Å²) in [5.74, 6) is -0.915. The molecule has 352 valence electrons. The lowest BCUT2D eigenvalue weighted by Gasteiger charge is -2.47. The molecular weight excluding hydrogens is 925 g/mol. The number of halogens is 5. The number of carbonyl (C=O) groups is 2. The van der Waals surface area contributed by atoms with Crippen LogP contribution in [0, 0.1) is 47.1 Å². The molecule has 0 radical (unpaired) electrons. The van der Waals surface area contributed by atoms with Gasteiger partial charge in [0.15, 0.2) is 23.3 Å². The maximum Gasteiger partial charge on any atom is 0.311 e. The number of carboxylic acids is 1. The second-order valence-electron chi connectivity index (χ2n) is 17.6. The predicted octanol–water partition coefficient (Wildman–Crippen LogP) is 11.8. The molecule has 0 aromatic carbocycles. The molecule has 4 bridgehead atoms. The molecule has 8 aromatic heterocycles. The molecule has 0 spiro atoms. The SMILES string of the molecule is C.C.CCOC(=O)[C@H]1C2CCC(CC2)[C@@H]1n1cc(F)c2cnc(-c3c[nH]c4ncc(Cl)cc34)nc21.Cl.O=C(O)[C@H]1C2CCC(CC2)[C@@H]1n1cc(F)c2cnc(-c3c[nH]c4ncc(Cl)cc34)nc21. The molecule has 0 unspecified atom stereocenters. The first-order valence-electron chi connectivity index (χ1n) is 21.8. The van der Waals surface area contributed by atoms with Gasteiger partial charge in [0, 0.05) is 71.5 Å². The van der Waals surface area contributed by atoms with Crippen molar-refractivity contribution in [2.24, 2.45) is 35.5 Å². The molecule has 4 atom stereocenters. The fourth-order valence-corrected chi connectivity index (χ4v) is 11.9. The number of ether oxygens (including phenoxy) is 1. The number of rotatable bonds is 7. The first-order chi connectivity index (χ1) is 31.1. The van der Waals surface area contributed by atoms with Gasteiger partial charge in [-0.3, -0.25) is 9.59 Å². The second-order valence-corrected chi connectivity index (χ2v) is 18.5. The third kappa shape index (κ3) is 8.07. The van der Waals surface area contributed by atoms with Gasteiger partial charge in [0.05, 0.1) is 51.3 Å². The largest absolute Gasteiger partial charge is 0.481 e. The van der Waals surface area contributed by atoms with Crippen LogP contribution in [0.5, 0.6) is 0 Å². The Balaban J connectivity index is 0.000000174. The lowest BCUT2D eigenvalue weighted by Crippen LogP contribution is -2.45. The maximum atomic E-state index is 15.0. The van der Waals surface area contributed by atoms with Crippen molar-refractivity contribution >= 4 is 91.7 Å². The number of hydrogen-bond acceptors (Lipinski definition) is 9. The van der Waals surface area contributed by atoms with Crippen LogP contribution in [0.15, 0.2) is 61.7 Å². The molecule has 14 rings (SSSR count). The number of hydrogen-bond donors (Lipinski definition) is 3. The predicted molar refractivity (Wildman–Crippen MR) is 256 cm³/mol. The number of pyridine rings is 2. The molecule has 0 aliphatic heterocycles. The Morgan fingerprint density at radius 1 is 0.672 bits per heavy atom. The number of nitrogens with zero attached hydrogens (tertiary/aromatic N) is 8. The van der Waals surface area contributed by atoms with Gasteiger partial charge in [-0.05, 0) is 94.1 Å². The van der Waals surface area contributed by atoms with Crippen LogP contribution in [-0.4, -0.2) is 72.7 Å². The van der Waals surface area contributed by atoms with Crippen LogP contribution in [0.2, 0.25) is 10.0 Å². The van der Waals surface area contributed by atoms with E-state index in [0.29, 0.717) is 67.2 Å². The molecule has 8 aromatic rings. The zero-order chi connectivity index (χ0) is 44.0. The number of carboxylic acid groups (broad SMARTS) is 1. The normalized spacial score (nSPS) is 23.9. The Bertz CT molecular complexity index is 3140. The zero-order valence-electron chi connectivity index (χ0n) is 34.9. The van der Waals surface area contributed by atoms with E-state index in [0.717, 1.165) is 67.7 Å². The molecule has 19 heteroatoms. The van der Waals surface area contributed by atoms with Crippen LogP contribution in [0.25, 0.3) is 66.9 Å². The third-order valence-electron chi connectivity index (χ3n) is 14.4. The van der Waals surface area contributed by atoms with Gasteiger partial charge < -0.3 is 28.9 Å². The number of H-pyrrole nitrogens is 2. The molecule has 3 N–H and O–H groups in total. The Morgan fingerprint density at radius 2 is 1.09 bits per heavy atom. The van der Waals surface area contributed by atoms with Gasteiger partial charge in [-0.15, -0.1) is 12.4 Å². The highest BCUT2D eigenvalue weighted by Crippen LogP contribution is 2.54. The van der Waals surface area contributed by atoms with Crippen molar-refractivity contribution in [2.45, 2.75) is 85.2 Å². The summed E-state index contributed by atoms with van der Waals surface area (Å²) in [6.07, 6.45) is 20.4. The molecule has 0 amide bonds. The van der Waals surface area contributed by atoms with Gasteiger partial charge in [-0.2, -0.15) is 0 Å². The van der Waals surface area contributed by atoms with E-state index >= 15 is 4.39 Å². The van der Waals surface area contributed by atoms with Gasteiger partial charge in [0.2, 0.25) is 0 Å². The maximum absolute atomic E-state index is 15.0. The first-order valence-corrected chi connectivity index (χ1v) is 22.5. The van der Waals surface area contributed by atoms with Crippen molar-refractivity contribution in [3.05, 3.63) is 83.4 Å². The van der Waals surface area contributed by atoms with Crippen molar-refractivity contribution in [2.75, 3.05) is 6.61 Å². The molecule has 8 heterocycles. The van der Waals surface area contributed by atoms with Crippen LogP contribution in [0.4, 0.5) is 8.78 Å². The minimum atomic E-state index is -0.812. The van der Waals surface area contributed by atoms with Crippen LogP contribution in [-0.2, 0) is 14.3 Å². The van der Waals surface area contributed by atoms with Crippen LogP contribution < -0.4 is 0 Å². The zero-order valence-corrected chi connectivity index (χ0v) is 37.3. The van der Waals surface area contributed by atoms with Crippen molar-refractivity contribution in [1.82, 2.24) is 49.0 Å². The molecule has 6 aliphatic rings. The topological polar surface area (TPSA) is 182 Å². The standard InChI is InChI=1S/C24H23ClFN5O2.C22H19ClFN5O2.2CH4.ClH/c1-2-33-24(32)19-12-3-5-13(6-4-12)20(19)31-11-18(26)17-10-29-22(30-23(17)31)16-9-28-21-15(16)7-14(25)8-27-21;23-12-5-13-14(7-26-19(13)25-6-12)20-27-8-15-16(24)9-29(21(15)28-20)18-11-3-1-10(2-4-11)17(18)22(30)31;;;/h7-13,19-20H,2-6H2,1H3,(H,27,28);5-11,17-18H,1-4H2,(H,25,26)(H,30,31);2*1H4;1H/t12?,13?,19-,20-;10?,11?,17-,18-;;;/m00.../s1. The summed E-state index contributed by atoms with van der Waals surface area (Å²) in [5.41, 5.74) is 3.69. The van der Waals surface area contributed by atoms with Gasteiger partial charge in [0.1, 0.15) is 22.6 Å². The fourth-order valence-electron chi connectivity index (χ4n) is 11.6. The Hall–Kier alpha value is -5.71. The summed E-state index contributed by atoms with van der Waals surface area (Å²) in [7, 11) is 0. The highest BCUT2D eigenvalue weighted by Gasteiger charge is 2.50. The summed E-state index contributed by atoms with van der Waals surface area (Å²) >= 11 is 12.3. The number of aromatic amines is 2. The van der Waals surface area contributed by atoms with E-state index in [1.54, 1.807) is 41.5 Å². The summed E-state index contributed by atoms with van der Waals surface area (Å²) < 4.78 is 38.9. The number of aliphatic carboxylic acids is 1. The smallest absolute Gasteiger partial charge is 0.311 e. The van der Waals surface area contributed by atoms with Crippen LogP contribution in [0.3, 0.4) is 0 Å². The van der Waals surface area contributed by atoms with Gasteiger partial charge in [0.25, 0.3) is 0 Å². The van der Waals surface area contributed by atoms with E-state index in [4.69, 9.17) is 37.9 Å². The van der Waals surface area contributed by atoms with Crippen molar-refractivity contribution in [1.29, 1.82) is 0 Å². The minimum absolute atomic E-state index is 0. The first kappa shape index (κ1) is 47.8. The highest BCUT2D eigenvalue weighted by molar-refractivity contribution is 6.31. The van der Waals surface area contributed by atoms with E-state index in [1.807, 2.05) is 11.5 Å². The average molecular weight is 976 g/mol. The highest BCUT2D eigenvalue weighted by atomic mass is 35.5. The minimum Gasteiger partial charge on any atom is -0.481 e. The molecule has 6 fully saturated rings. The van der Waals surface area contributed by atoms with E-state index in [9.17, 15) is 19.1 Å². The van der Waals surface area contributed by atoms with E-state index in [-0.39, 0.29) is 80.7 Å². The quantitative estimate of drug-likeness (QED) is 0.130. The van der Waals surface area contributed by atoms with Crippen molar-refractivity contribution < 1.29 is 28.2 Å². The number of nitrogens with one attached hydrogen (secondary N) is 2. The van der Waals surface area contributed by atoms with E-state index in [1.165, 1.54) is 24.8 Å². The number of fused-ring (bicyclic) bond motifs is 10. The second kappa shape index (κ2) is 18.8. The monoisotopic (exact) mass is 974 g/mol. The average Bonchev–Trinajstić information content (AvgIpc) is 4.09. The Morgan fingerprint density at radius 3 is 1.52 bits per heavy atom. The van der Waals surface area contributed by atoms with Crippen LogP contribution in [0.1, 0.15) is 85.2 Å². The summed E-state index contributed by atoms with van der Waals surface area (Å²) in [4.78, 5) is 58.2. The van der Waals surface area contributed by atoms with Crippen LogP contribution >= 0.6 is 35.6 Å². The lowest BCUT2D eigenvalue weighted by atomic mass is 9.61. The number of esters is 1. The Labute approximate surface area is 400 Å². The third-order valence-corrected chi connectivity index (χ3v) is 14.8. The van der Waals surface area contributed by atoms with Gasteiger partial charge >= 0.3 is 11.9 Å². The van der Waals surface area contributed by atoms with Gasteiger partial charge in [-0.25, -0.2) is 38.7 Å². The number of aromatic nitrogens is 10. The molecular formula is C48H51Cl3F2N10O4. The molecule has 67 heavy (non-hydrogen) atoms. The van der Waals surface area contributed by atoms with E-state index in [2.05, 4.69) is 29.9 Å². The summed E-state index contributed by atoms with van der Waals surface area (Å²) in [6, 6.07) is 3.10. The Kier molecular flexibility index (Phi) is 13.4. The molecule has 14 nitrogen and oxygen atoms in total. The van der Waals surface area contributed by atoms with Gasteiger partial charge in [-0.1, -0.05) is 38.1 Å². The summed E-state index contributed by atoms with van der Waals surface area (Å²) in [5, 5.41) is 13.2. The fraction of sp³-hybridized carbons (Fsp3) is 0.417. The van der Waals surface area contributed by atoms with Crippen molar-refractivity contribution in [3.63, 3.8) is 0 Å². The lowest BCUT2D eigenvalue weighted by molar-refractivity contribution is -0.157. The molecule has 6 saturated carbocycles. The molecule has 6 aliphatic carbocycles. The molecule has 0 saturated heterocycles.